The van der Waals surface area contributed by atoms with E-state index in [1.54, 1.807) is 36.4 Å². The van der Waals surface area contributed by atoms with Gasteiger partial charge in [-0.25, -0.2) is 4.98 Å². The van der Waals surface area contributed by atoms with E-state index in [0.717, 1.165) is 0 Å². The molecule has 0 radical (unpaired) electrons. The Morgan fingerprint density at radius 2 is 1.91 bits per heavy atom. The maximum Gasteiger partial charge on any atom is 0.320 e. The van der Waals surface area contributed by atoms with Crippen molar-refractivity contribution in [1.29, 1.82) is 0 Å². The lowest BCUT2D eigenvalue weighted by molar-refractivity contribution is -0.143. The Bertz CT molecular complexity index is 1100. The van der Waals surface area contributed by atoms with Crippen LogP contribution in [0.4, 0.5) is 17.4 Å². The number of pyridine rings is 1. The van der Waals surface area contributed by atoms with Crippen LogP contribution in [-0.2, 0) is 4.79 Å². The first-order valence-electron chi connectivity index (χ1n) is 9.99. The number of carbonyl (C=O) groups excluding carboxylic acids is 1. The molecule has 1 aliphatic rings. The van der Waals surface area contributed by atoms with Crippen molar-refractivity contribution in [3.8, 4) is 5.88 Å². The molecule has 32 heavy (non-hydrogen) atoms. The van der Waals surface area contributed by atoms with Crippen LogP contribution in [-0.4, -0.2) is 38.3 Å². The number of amides is 1. The molecule has 10 nitrogen and oxygen atoms in total. The molecule has 3 aromatic rings. The van der Waals surface area contributed by atoms with Crippen LogP contribution in [0.3, 0.4) is 0 Å². The van der Waals surface area contributed by atoms with Crippen molar-refractivity contribution in [2.45, 2.75) is 31.8 Å². The molecule has 0 aliphatic heterocycles. The van der Waals surface area contributed by atoms with Crippen LogP contribution in [0.5, 0.6) is 5.88 Å². The highest BCUT2D eigenvalue weighted by molar-refractivity contribution is 6.30. The number of ether oxygens (including phenoxy) is 1. The highest BCUT2D eigenvalue weighted by Crippen LogP contribution is 2.27. The number of carboxylic acid groups (broad SMARTS) is 1. The van der Waals surface area contributed by atoms with Crippen molar-refractivity contribution < 1.29 is 23.8 Å². The van der Waals surface area contributed by atoms with Gasteiger partial charge in [0.1, 0.15) is 6.10 Å². The van der Waals surface area contributed by atoms with Crippen LogP contribution in [0.15, 0.2) is 47.0 Å². The summed E-state index contributed by atoms with van der Waals surface area (Å²) in [5.41, 5.74) is 1.07. The second kappa shape index (κ2) is 9.65. The molecule has 1 fully saturated rings. The molecule has 2 heterocycles. The average molecular weight is 458 g/mol. The molecule has 1 aromatic carbocycles. The maximum atomic E-state index is 12.4. The predicted molar refractivity (Wildman–Crippen MR) is 115 cm³/mol. The summed E-state index contributed by atoms with van der Waals surface area (Å²) < 4.78 is 11.2. The molecule has 0 unspecified atom stereocenters. The zero-order valence-electron chi connectivity index (χ0n) is 16.8. The zero-order valence-corrected chi connectivity index (χ0v) is 17.6. The molecule has 1 amide bonds. The minimum Gasteiger partial charge on any atom is -0.481 e. The van der Waals surface area contributed by atoms with Gasteiger partial charge in [0.15, 0.2) is 0 Å². The smallest absolute Gasteiger partial charge is 0.320 e. The summed E-state index contributed by atoms with van der Waals surface area (Å²) in [6.07, 6.45) is 3.90. The summed E-state index contributed by atoms with van der Waals surface area (Å²) in [6.45, 7) is 0. The van der Waals surface area contributed by atoms with Crippen LogP contribution in [0.1, 0.15) is 36.4 Å². The molecule has 1 aliphatic carbocycles. The van der Waals surface area contributed by atoms with E-state index >= 15 is 0 Å². The van der Waals surface area contributed by atoms with Crippen molar-refractivity contribution in [1.82, 2.24) is 15.2 Å². The number of carbonyl (C=O) groups is 2. The number of halogens is 1. The molecular formula is C21H20ClN5O5. The van der Waals surface area contributed by atoms with Crippen LogP contribution in [0.25, 0.3) is 0 Å². The minimum atomic E-state index is -0.754. The molecule has 3 N–H and O–H groups in total. The molecule has 2 aromatic heterocycles. The average Bonchev–Trinajstić information content (AvgIpc) is 3.24. The van der Waals surface area contributed by atoms with Crippen LogP contribution in [0.2, 0.25) is 5.02 Å². The van der Waals surface area contributed by atoms with Crippen molar-refractivity contribution in [2.24, 2.45) is 5.92 Å². The van der Waals surface area contributed by atoms with Gasteiger partial charge in [-0.15, -0.1) is 5.10 Å². The molecule has 0 spiro atoms. The predicted octanol–water partition coefficient (Wildman–Crippen LogP) is 4.14. The number of nitrogens with one attached hydrogen (secondary N) is 2. The van der Waals surface area contributed by atoms with E-state index in [4.69, 9.17) is 25.9 Å². The number of aromatic nitrogens is 3. The lowest BCUT2D eigenvalue weighted by Crippen LogP contribution is -2.28. The standard InChI is InChI=1S/C21H20ClN5O5/c22-13-2-1-3-14(10-13)25-21-27-26-19(32-21)18(28)24-15-6-9-17(23-11-15)31-16-7-4-12(5-8-16)20(29)30/h1-3,6,9-12,16H,4-5,7-8H2,(H,24,28)(H,25,27)(H,29,30)/t12-,16+. The molecule has 0 atom stereocenters. The molecule has 0 saturated heterocycles. The largest absolute Gasteiger partial charge is 0.481 e. The number of nitrogens with zero attached hydrogens (tertiary/aromatic N) is 3. The fourth-order valence-electron chi connectivity index (χ4n) is 3.36. The SMILES string of the molecule is O=C(Nc1ccc(O[C@H]2CC[C@@H](C(=O)O)CC2)nc1)c1nnc(Nc2cccc(Cl)c2)o1. The van der Waals surface area contributed by atoms with Crippen LogP contribution in [0, 0.1) is 5.92 Å². The Balaban J connectivity index is 1.29. The highest BCUT2D eigenvalue weighted by Gasteiger charge is 2.27. The monoisotopic (exact) mass is 457 g/mol. The third kappa shape index (κ3) is 5.52. The topological polar surface area (TPSA) is 139 Å². The van der Waals surface area contributed by atoms with Crippen molar-refractivity contribution >= 4 is 40.9 Å². The van der Waals surface area contributed by atoms with Gasteiger partial charge in [-0.2, -0.15) is 0 Å². The number of anilines is 3. The number of aliphatic carboxylic acids is 1. The summed E-state index contributed by atoms with van der Waals surface area (Å²) in [5.74, 6) is -1.45. The molecular weight excluding hydrogens is 438 g/mol. The quantitative estimate of drug-likeness (QED) is 0.477. The van der Waals surface area contributed by atoms with Gasteiger partial charge in [0.05, 0.1) is 17.8 Å². The summed E-state index contributed by atoms with van der Waals surface area (Å²) >= 11 is 5.93. The summed E-state index contributed by atoms with van der Waals surface area (Å²) in [7, 11) is 0. The van der Waals surface area contributed by atoms with Gasteiger partial charge in [0.25, 0.3) is 0 Å². The fraction of sp³-hybridized carbons (Fsp3) is 0.286. The van der Waals surface area contributed by atoms with Gasteiger partial charge >= 0.3 is 23.8 Å². The van der Waals surface area contributed by atoms with Crippen molar-refractivity contribution in [3.05, 3.63) is 53.5 Å². The highest BCUT2D eigenvalue weighted by atomic mass is 35.5. The number of hydrogen-bond acceptors (Lipinski definition) is 8. The van der Waals surface area contributed by atoms with Gasteiger partial charge in [0.2, 0.25) is 5.88 Å². The maximum absolute atomic E-state index is 12.4. The van der Waals surface area contributed by atoms with E-state index in [9.17, 15) is 9.59 Å². The van der Waals surface area contributed by atoms with E-state index in [-0.39, 0.29) is 23.9 Å². The van der Waals surface area contributed by atoms with Crippen LogP contribution >= 0.6 is 11.6 Å². The van der Waals surface area contributed by atoms with Crippen molar-refractivity contribution in [3.63, 3.8) is 0 Å². The summed E-state index contributed by atoms with van der Waals surface area (Å²) in [5, 5.41) is 22.6. The second-order valence-corrected chi connectivity index (χ2v) is 7.75. The zero-order chi connectivity index (χ0) is 22.5. The Morgan fingerprint density at radius 1 is 1.09 bits per heavy atom. The lowest BCUT2D eigenvalue weighted by Gasteiger charge is -2.26. The van der Waals surface area contributed by atoms with Gasteiger partial charge < -0.3 is 24.9 Å². The Labute approximate surface area is 188 Å². The molecule has 11 heteroatoms. The van der Waals surface area contributed by atoms with Gasteiger partial charge in [-0.1, -0.05) is 22.8 Å². The third-order valence-corrected chi connectivity index (χ3v) is 5.24. The Hall–Kier alpha value is -3.66. The van der Waals surface area contributed by atoms with E-state index in [1.807, 2.05) is 0 Å². The number of benzene rings is 1. The molecule has 1 saturated carbocycles. The van der Waals surface area contributed by atoms with E-state index in [1.165, 1.54) is 6.20 Å². The van der Waals surface area contributed by atoms with E-state index in [2.05, 4.69) is 25.8 Å². The van der Waals surface area contributed by atoms with Crippen LogP contribution < -0.4 is 15.4 Å². The van der Waals surface area contributed by atoms with Gasteiger partial charge in [-0.3, -0.25) is 9.59 Å². The lowest BCUT2D eigenvalue weighted by atomic mass is 9.87. The van der Waals surface area contributed by atoms with Crippen molar-refractivity contribution in [2.75, 3.05) is 10.6 Å². The van der Waals surface area contributed by atoms with Gasteiger partial charge in [0, 0.05) is 16.8 Å². The normalized spacial score (nSPS) is 18.0. The molecule has 0 bridgehead atoms. The summed E-state index contributed by atoms with van der Waals surface area (Å²) in [6, 6.07) is 10.3. The summed E-state index contributed by atoms with van der Waals surface area (Å²) in [4.78, 5) is 27.6. The molecule has 4 rings (SSSR count). The van der Waals surface area contributed by atoms with Gasteiger partial charge in [-0.05, 0) is 49.9 Å². The Morgan fingerprint density at radius 3 is 2.59 bits per heavy atom. The minimum absolute atomic E-state index is 0.0527. The number of carboxylic acids is 1. The fourth-order valence-corrected chi connectivity index (χ4v) is 3.55. The first kappa shape index (κ1) is 21.6. The number of hydrogen-bond donors (Lipinski definition) is 3. The first-order chi connectivity index (χ1) is 15.5. The van der Waals surface area contributed by atoms with E-state index in [0.29, 0.717) is 48.0 Å². The number of rotatable bonds is 7. The first-order valence-corrected chi connectivity index (χ1v) is 10.4. The Kier molecular flexibility index (Phi) is 6.50. The third-order valence-electron chi connectivity index (χ3n) is 5.00. The molecule has 166 valence electrons. The van der Waals surface area contributed by atoms with E-state index < -0.39 is 11.9 Å². The second-order valence-electron chi connectivity index (χ2n) is 7.32.